The van der Waals surface area contributed by atoms with Crippen molar-refractivity contribution in [3.8, 4) is 33.4 Å². The molecule has 1 aliphatic carbocycles. The highest BCUT2D eigenvalue weighted by molar-refractivity contribution is 6.52. The summed E-state index contributed by atoms with van der Waals surface area (Å²) in [6.45, 7) is 14.1. The highest BCUT2D eigenvalue weighted by Crippen LogP contribution is 2.60. The van der Waals surface area contributed by atoms with E-state index < -0.39 is 0 Å². The molecule has 0 N–H and O–H groups in total. The van der Waals surface area contributed by atoms with Crippen molar-refractivity contribution in [1.29, 1.82) is 0 Å². The highest BCUT2D eigenvalue weighted by atomic mass is 14.4. The van der Waals surface area contributed by atoms with Gasteiger partial charge in [-0.25, -0.2) is 0 Å². The van der Waals surface area contributed by atoms with Crippen molar-refractivity contribution in [1.82, 2.24) is 0 Å². The van der Waals surface area contributed by atoms with Crippen molar-refractivity contribution in [2.24, 2.45) is 0 Å². The van der Waals surface area contributed by atoms with Crippen LogP contribution >= 0.6 is 0 Å². The predicted molar refractivity (Wildman–Crippen MR) is 280 cm³/mol. The van der Waals surface area contributed by atoms with E-state index in [1.165, 1.54) is 174 Å². The van der Waals surface area contributed by atoms with Gasteiger partial charge in [0.2, 0.25) is 0 Å². The third kappa shape index (κ3) is 4.00. The molecular formula is C64H44. The third-order valence-corrected chi connectivity index (χ3v) is 16.0. The van der Waals surface area contributed by atoms with Gasteiger partial charge in [0.25, 0.3) is 0 Å². The van der Waals surface area contributed by atoms with Gasteiger partial charge in [0.1, 0.15) is 0 Å². The fourth-order valence-corrected chi connectivity index (χ4v) is 13.5. The molecular weight excluding hydrogens is 769 g/mol. The van der Waals surface area contributed by atoms with Crippen LogP contribution in [0.1, 0.15) is 61.8 Å². The first-order valence-corrected chi connectivity index (χ1v) is 23.3. The Morgan fingerprint density at radius 3 is 1.28 bits per heavy atom. The fourth-order valence-electron chi connectivity index (χ4n) is 13.5. The van der Waals surface area contributed by atoms with Crippen LogP contribution < -0.4 is 0 Å². The molecule has 300 valence electrons. The molecule has 0 heteroatoms. The zero-order valence-electron chi connectivity index (χ0n) is 37.0. The first-order valence-electron chi connectivity index (χ1n) is 23.3. The Balaban J connectivity index is 1.15. The summed E-state index contributed by atoms with van der Waals surface area (Å²) in [4.78, 5) is 0. The molecule has 0 aromatic heterocycles. The van der Waals surface area contributed by atoms with Crippen LogP contribution in [0.15, 0.2) is 146 Å². The summed E-state index contributed by atoms with van der Waals surface area (Å²) in [5.74, 6) is 0.776. The Bertz CT molecular complexity index is 4300. The van der Waals surface area contributed by atoms with Crippen LogP contribution in [0, 0.1) is 13.8 Å². The van der Waals surface area contributed by atoms with E-state index in [9.17, 15) is 0 Å². The third-order valence-electron chi connectivity index (χ3n) is 16.0. The lowest BCUT2D eigenvalue weighted by atomic mass is 9.80. The summed E-state index contributed by atoms with van der Waals surface area (Å²) in [5, 5.41) is 30.3. The smallest absolute Gasteiger partial charge is 0.000696 e. The molecule has 15 rings (SSSR count). The Kier molecular flexibility index (Phi) is 6.51. The maximum absolute atomic E-state index is 2.52. The van der Waals surface area contributed by atoms with E-state index in [0.29, 0.717) is 11.8 Å². The second-order valence-electron chi connectivity index (χ2n) is 19.8. The Morgan fingerprint density at radius 2 is 0.688 bits per heavy atom. The molecule has 0 atom stereocenters. The van der Waals surface area contributed by atoms with Gasteiger partial charge in [0, 0.05) is 0 Å². The number of rotatable bonds is 3. The number of hydrogen-bond donors (Lipinski definition) is 0. The van der Waals surface area contributed by atoms with Crippen LogP contribution in [0.5, 0.6) is 0 Å². The number of hydrogen-bond acceptors (Lipinski definition) is 0. The average Bonchev–Trinajstić information content (AvgIpc) is 3.95. The van der Waals surface area contributed by atoms with Crippen LogP contribution in [0.2, 0.25) is 0 Å². The minimum Gasteiger partial charge on any atom is -0.0622 e. The fraction of sp³-hybridized carbons (Fsp3) is 0.125. The Hall–Kier alpha value is -7.28. The van der Waals surface area contributed by atoms with Crippen LogP contribution in [-0.2, 0) is 0 Å². The van der Waals surface area contributed by atoms with Crippen LogP contribution in [0.4, 0.5) is 0 Å². The van der Waals surface area contributed by atoms with Crippen molar-refractivity contribution in [3.05, 3.63) is 168 Å². The van der Waals surface area contributed by atoms with Crippen molar-refractivity contribution in [3.63, 3.8) is 0 Å². The molecule has 14 aromatic carbocycles. The van der Waals surface area contributed by atoms with Gasteiger partial charge in [-0.05, 0) is 206 Å². The molecule has 1 aliphatic rings. The van der Waals surface area contributed by atoms with E-state index in [0.717, 1.165) is 0 Å². The van der Waals surface area contributed by atoms with Crippen molar-refractivity contribution in [2.75, 3.05) is 0 Å². The summed E-state index contributed by atoms with van der Waals surface area (Å²) in [6.07, 6.45) is 0. The largest absolute Gasteiger partial charge is 0.0622 e. The Labute approximate surface area is 371 Å². The number of fused-ring (bicyclic) bond motifs is 15. The predicted octanol–water partition coefficient (Wildman–Crippen LogP) is 18.9. The van der Waals surface area contributed by atoms with Gasteiger partial charge in [0.05, 0.1) is 0 Å². The lowest BCUT2D eigenvalue weighted by Gasteiger charge is -2.23. The van der Waals surface area contributed by atoms with E-state index >= 15 is 0 Å². The molecule has 0 heterocycles. The van der Waals surface area contributed by atoms with Gasteiger partial charge in [-0.3, -0.25) is 0 Å². The summed E-state index contributed by atoms with van der Waals surface area (Å²) >= 11 is 0. The van der Waals surface area contributed by atoms with Crippen molar-refractivity contribution < 1.29 is 0 Å². The van der Waals surface area contributed by atoms with E-state index in [1.54, 1.807) is 0 Å². The lowest BCUT2D eigenvalue weighted by Crippen LogP contribution is -2.01. The summed E-state index contributed by atoms with van der Waals surface area (Å²) in [5.41, 5.74) is 14.0. The molecule has 0 spiro atoms. The zero-order chi connectivity index (χ0) is 42.6. The Morgan fingerprint density at radius 1 is 0.281 bits per heavy atom. The topological polar surface area (TPSA) is 0 Å². The summed E-state index contributed by atoms with van der Waals surface area (Å²) in [6, 6.07) is 56.9. The van der Waals surface area contributed by atoms with Gasteiger partial charge in [-0.1, -0.05) is 167 Å². The lowest BCUT2D eigenvalue weighted by molar-refractivity contribution is 0.864. The molecule has 0 unspecified atom stereocenters. The van der Waals surface area contributed by atoms with E-state index in [-0.39, 0.29) is 0 Å². The van der Waals surface area contributed by atoms with Crippen molar-refractivity contribution in [2.45, 2.75) is 53.4 Å². The molecule has 0 nitrogen and oxygen atoms in total. The average molecular weight is 813 g/mol. The summed E-state index contributed by atoms with van der Waals surface area (Å²) < 4.78 is 0. The van der Waals surface area contributed by atoms with Gasteiger partial charge >= 0.3 is 0 Å². The molecule has 0 fully saturated rings. The second-order valence-corrected chi connectivity index (χ2v) is 19.8. The number of aryl methyl sites for hydroxylation is 2. The highest BCUT2D eigenvalue weighted by Gasteiger charge is 2.33. The molecule has 14 aromatic rings. The van der Waals surface area contributed by atoms with Crippen LogP contribution in [-0.4, -0.2) is 0 Å². The van der Waals surface area contributed by atoms with Crippen LogP contribution in [0.3, 0.4) is 0 Å². The first kappa shape index (κ1) is 35.2. The molecule has 0 saturated heterocycles. The molecule has 0 radical (unpaired) electrons. The quantitative estimate of drug-likeness (QED) is 0.123. The minimum absolute atomic E-state index is 0.388. The maximum Gasteiger partial charge on any atom is -0.000696 e. The molecule has 0 bridgehead atoms. The SMILES string of the molecule is Cc1cc2cc3c(-c4ccccc4)c4c5ccc6c7ccc8c9c(ccc(c%10ccc(c5c6%10)c4c4c5ccccc5c(c2cc1C)c34)c97)-c1c-8c(C(C)C)c2ccccc2c1C(C)C. The molecule has 0 aliphatic heterocycles. The standard InChI is InChI=1S/C64H44/c1-31(2)51-37-16-10-11-17-38(37)52(32(3)4)61-46-25-21-42-44-23-27-48-58-47(26-22-43(55(44)58)41-20-24-45(60(51)61)57(46)54(41)42)62-53(35-14-8-7-9-15-35)50-30-36-28-33(5)34(6)29-49(36)56-39-18-12-13-19-40(39)59(63(48)62)64(50)56/h7-32H,1-6H3. The summed E-state index contributed by atoms with van der Waals surface area (Å²) in [7, 11) is 0. The maximum atomic E-state index is 2.52. The van der Waals surface area contributed by atoms with Gasteiger partial charge in [0.15, 0.2) is 0 Å². The monoisotopic (exact) mass is 812 g/mol. The first-order chi connectivity index (χ1) is 31.3. The van der Waals surface area contributed by atoms with Gasteiger partial charge < -0.3 is 0 Å². The molecule has 0 saturated carbocycles. The van der Waals surface area contributed by atoms with E-state index in [1.807, 2.05) is 0 Å². The van der Waals surface area contributed by atoms with Gasteiger partial charge in [-0.15, -0.1) is 0 Å². The normalized spacial score (nSPS) is 13.1. The van der Waals surface area contributed by atoms with Crippen molar-refractivity contribution >= 4 is 118 Å². The zero-order valence-corrected chi connectivity index (χ0v) is 37.0. The molecule has 64 heavy (non-hydrogen) atoms. The molecule has 0 amide bonds. The minimum atomic E-state index is 0.388. The van der Waals surface area contributed by atoms with Gasteiger partial charge in [-0.2, -0.15) is 0 Å². The van der Waals surface area contributed by atoms with Crippen LogP contribution in [0.25, 0.3) is 152 Å². The van der Waals surface area contributed by atoms with E-state index in [4.69, 9.17) is 0 Å². The number of benzene rings is 12. The second kappa shape index (κ2) is 11.8. The van der Waals surface area contributed by atoms with E-state index in [2.05, 4.69) is 187 Å².